The summed E-state index contributed by atoms with van der Waals surface area (Å²) < 4.78 is 5.24. The summed E-state index contributed by atoms with van der Waals surface area (Å²) in [6, 6.07) is 8.87. The van der Waals surface area contributed by atoms with E-state index in [-0.39, 0.29) is 23.9 Å². The van der Waals surface area contributed by atoms with Crippen LogP contribution in [0.5, 0.6) is 0 Å². The number of ether oxygens (including phenoxy) is 1. The summed E-state index contributed by atoms with van der Waals surface area (Å²) in [6.45, 7) is 2.52. The molecule has 5 heteroatoms. The Morgan fingerprint density at radius 3 is 2.78 bits per heavy atom. The summed E-state index contributed by atoms with van der Waals surface area (Å²) >= 11 is 1.64. The molecule has 1 aliphatic heterocycles. The molecule has 0 radical (unpaired) electrons. The predicted octanol–water partition coefficient (Wildman–Crippen LogP) is 1.76. The molecular formula is C13H15NO3S. The lowest BCUT2D eigenvalue weighted by atomic mass is 10.2. The van der Waals surface area contributed by atoms with E-state index in [4.69, 9.17) is 4.74 Å². The highest BCUT2D eigenvalue weighted by Gasteiger charge is 2.28. The highest BCUT2D eigenvalue weighted by molar-refractivity contribution is 8.00. The number of amides is 1. The number of thioether (sulfide) groups is 1. The fraction of sp³-hybridized carbons (Fsp3) is 0.385. The lowest BCUT2D eigenvalue weighted by molar-refractivity contribution is -0.129. The van der Waals surface area contributed by atoms with E-state index in [0.717, 1.165) is 12.3 Å². The van der Waals surface area contributed by atoms with Crippen LogP contribution in [0.25, 0.3) is 0 Å². The van der Waals surface area contributed by atoms with Crippen LogP contribution in [0.2, 0.25) is 0 Å². The molecule has 1 saturated heterocycles. The molecule has 4 nitrogen and oxygen atoms in total. The molecule has 1 aromatic rings. The largest absolute Gasteiger partial charge is 0.459 e. The number of nitrogens with zero attached hydrogens (tertiary/aromatic N) is 1. The molecule has 0 N–H and O–H groups in total. The molecule has 1 aliphatic rings. The number of hydrogen-bond acceptors (Lipinski definition) is 4. The highest BCUT2D eigenvalue weighted by atomic mass is 32.2. The molecule has 96 valence electrons. The second-order valence-electron chi connectivity index (χ2n) is 4.00. The third-order valence-electron chi connectivity index (χ3n) is 2.76. The van der Waals surface area contributed by atoms with Gasteiger partial charge in [-0.15, -0.1) is 11.8 Å². The molecule has 18 heavy (non-hydrogen) atoms. The smallest absolute Gasteiger partial charge is 0.338 e. The summed E-state index contributed by atoms with van der Waals surface area (Å²) in [5.41, 5.74) is 0.537. The Labute approximate surface area is 110 Å². The molecule has 1 unspecified atom stereocenters. The van der Waals surface area contributed by atoms with Gasteiger partial charge < -0.3 is 9.64 Å². The Bertz CT molecular complexity index is 435. The van der Waals surface area contributed by atoms with Crippen LogP contribution in [0.3, 0.4) is 0 Å². The lowest BCUT2D eigenvalue weighted by Gasteiger charge is -2.21. The van der Waals surface area contributed by atoms with Crippen molar-refractivity contribution in [1.82, 2.24) is 4.90 Å². The van der Waals surface area contributed by atoms with Crippen LogP contribution >= 0.6 is 11.8 Å². The third-order valence-corrected chi connectivity index (χ3v) is 3.95. The summed E-state index contributed by atoms with van der Waals surface area (Å²) in [6.07, 6.45) is 0. The van der Waals surface area contributed by atoms with Crippen molar-refractivity contribution < 1.29 is 14.3 Å². The summed E-state index contributed by atoms with van der Waals surface area (Å²) in [5.74, 6) is 0.583. The molecule has 1 amide bonds. The van der Waals surface area contributed by atoms with E-state index >= 15 is 0 Å². The molecule has 0 aliphatic carbocycles. The number of benzene rings is 1. The van der Waals surface area contributed by atoms with E-state index in [0.29, 0.717) is 5.56 Å². The zero-order valence-corrected chi connectivity index (χ0v) is 11.0. The maximum Gasteiger partial charge on any atom is 0.338 e. The van der Waals surface area contributed by atoms with Crippen LogP contribution in [-0.2, 0) is 9.53 Å². The van der Waals surface area contributed by atoms with E-state index in [9.17, 15) is 9.59 Å². The highest BCUT2D eigenvalue weighted by Crippen LogP contribution is 2.24. The molecule has 2 rings (SSSR count). The molecule has 1 atom stereocenters. The molecule has 0 spiro atoms. The van der Waals surface area contributed by atoms with E-state index in [1.807, 2.05) is 6.07 Å². The van der Waals surface area contributed by atoms with Gasteiger partial charge >= 0.3 is 5.97 Å². The molecule has 0 bridgehead atoms. The van der Waals surface area contributed by atoms with Crippen LogP contribution in [0, 0.1) is 0 Å². The van der Waals surface area contributed by atoms with Gasteiger partial charge in [0.15, 0.2) is 0 Å². The number of rotatable bonds is 3. The second-order valence-corrected chi connectivity index (χ2v) is 5.29. The van der Waals surface area contributed by atoms with E-state index < -0.39 is 0 Å². The molecule has 1 heterocycles. The van der Waals surface area contributed by atoms with Crippen molar-refractivity contribution in [3.8, 4) is 0 Å². The van der Waals surface area contributed by atoms with Gasteiger partial charge in [0.1, 0.15) is 12.0 Å². The van der Waals surface area contributed by atoms with Crippen molar-refractivity contribution in [2.45, 2.75) is 12.3 Å². The minimum Gasteiger partial charge on any atom is -0.459 e. The number of esters is 1. The first kappa shape index (κ1) is 13.0. The van der Waals surface area contributed by atoms with Crippen molar-refractivity contribution in [1.29, 1.82) is 0 Å². The van der Waals surface area contributed by atoms with E-state index in [2.05, 4.69) is 0 Å². The molecular weight excluding hydrogens is 250 g/mol. The fourth-order valence-electron chi connectivity index (χ4n) is 1.82. The molecule has 0 saturated carbocycles. The Kier molecular flexibility index (Phi) is 4.25. The Morgan fingerprint density at radius 2 is 2.11 bits per heavy atom. The van der Waals surface area contributed by atoms with Gasteiger partial charge in [0.05, 0.1) is 5.56 Å². The SMILES string of the molecule is CC(=O)N1CCSC1COC(=O)c1ccccc1. The Hall–Kier alpha value is -1.49. The third kappa shape index (κ3) is 3.04. The Balaban J connectivity index is 1.88. The maximum atomic E-state index is 11.7. The minimum atomic E-state index is -0.341. The first-order chi connectivity index (χ1) is 8.68. The van der Waals surface area contributed by atoms with Crippen molar-refractivity contribution in [3.05, 3.63) is 35.9 Å². The van der Waals surface area contributed by atoms with Gasteiger partial charge in [-0.25, -0.2) is 4.79 Å². The average molecular weight is 265 g/mol. The van der Waals surface area contributed by atoms with Gasteiger partial charge in [0.25, 0.3) is 0 Å². The summed E-state index contributed by atoms with van der Waals surface area (Å²) in [7, 11) is 0. The lowest BCUT2D eigenvalue weighted by Crippen LogP contribution is -2.36. The summed E-state index contributed by atoms with van der Waals surface area (Å²) in [5, 5.41) is -0.0461. The van der Waals surface area contributed by atoms with Gasteiger partial charge in [0.2, 0.25) is 5.91 Å². The van der Waals surface area contributed by atoms with Gasteiger partial charge in [-0.3, -0.25) is 4.79 Å². The zero-order chi connectivity index (χ0) is 13.0. The van der Waals surface area contributed by atoms with Crippen LogP contribution in [-0.4, -0.2) is 41.1 Å². The quantitative estimate of drug-likeness (QED) is 0.781. The van der Waals surface area contributed by atoms with Gasteiger partial charge in [-0.2, -0.15) is 0 Å². The number of carbonyl (C=O) groups is 2. The first-order valence-electron chi connectivity index (χ1n) is 5.79. The molecule has 1 fully saturated rings. The predicted molar refractivity (Wildman–Crippen MR) is 70.4 cm³/mol. The zero-order valence-electron chi connectivity index (χ0n) is 10.2. The monoisotopic (exact) mass is 265 g/mol. The van der Waals surface area contributed by atoms with E-state index in [1.54, 1.807) is 40.9 Å². The van der Waals surface area contributed by atoms with Crippen molar-refractivity contribution in [2.24, 2.45) is 0 Å². The molecule has 0 aromatic heterocycles. The standard InChI is InChI=1S/C13H15NO3S/c1-10(15)14-7-8-18-12(14)9-17-13(16)11-5-3-2-4-6-11/h2-6,12H,7-9H2,1H3. The van der Waals surface area contributed by atoms with Gasteiger partial charge in [0, 0.05) is 19.2 Å². The van der Waals surface area contributed by atoms with Crippen molar-refractivity contribution in [2.75, 3.05) is 18.9 Å². The molecule has 1 aromatic carbocycles. The Morgan fingerprint density at radius 1 is 1.39 bits per heavy atom. The maximum absolute atomic E-state index is 11.7. The fourth-order valence-corrected chi connectivity index (χ4v) is 3.00. The normalized spacial score (nSPS) is 18.7. The second kappa shape index (κ2) is 5.91. The topological polar surface area (TPSA) is 46.6 Å². The van der Waals surface area contributed by atoms with Crippen molar-refractivity contribution >= 4 is 23.6 Å². The van der Waals surface area contributed by atoms with Crippen LogP contribution < -0.4 is 0 Å². The van der Waals surface area contributed by atoms with Crippen molar-refractivity contribution in [3.63, 3.8) is 0 Å². The van der Waals surface area contributed by atoms with Gasteiger partial charge in [-0.05, 0) is 12.1 Å². The first-order valence-corrected chi connectivity index (χ1v) is 6.84. The van der Waals surface area contributed by atoms with E-state index in [1.165, 1.54) is 6.92 Å². The number of carbonyl (C=O) groups excluding carboxylic acids is 2. The van der Waals surface area contributed by atoms with Crippen LogP contribution in [0.4, 0.5) is 0 Å². The number of hydrogen-bond donors (Lipinski definition) is 0. The summed E-state index contributed by atoms with van der Waals surface area (Å²) in [4.78, 5) is 24.8. The van der Waals surface area contributed by atoms with Crippen LogP contribution in [0.1, 0.15) is 17.3 Å². The van der Waals surface area contributed by atoms with Crippen LogP contribution in [0.15, 0.2) is 30.3 Å². The van der Waals surface area contributed by atoms with Gasteiger partial charge in [-0.1, -0.05) is 18.2 Å². The minimum absolute atomic E-state index is 0.0285. The average Bonchev–Trinajstić information content (AvgIpc) is 2.85.